The van der Waals surface area contributed by atoms with Crippen LogP contribution in [0.5, 0.6) is 0 Å². The molecular formula is C18H26. The zero-order valence-corrected chi connectivity index (χ0v) is 12.2. The first kappa shape index (κ1) is 13.4. The second kappa shape index (κ2) is 5.73. The van der Waals surface area contributed by atoms with Crippen molar-refractivity contribution < 1.29 is 0 Å². The summed E-state index contributed by atoms with van der Waals surface area (Å²) in [7, 11) is 0. The maximum absolute atomic E-state index is 4.17. The van der Waals surface area contributed by atoms with E-state index in [1.807, 2.05) is 0 Å². The molecule has 0 aromatic heterocycles. The predicted molar refractivity (Wildman–Crippen MR) is 80.1 cm³/mol. The first-order valence-corrected chi connectivity index (χ1v) is 7.30. The fourth-order valence-electron chi connectivity index (χ4n) is 3.24. The van der Waals surface area contributed by atoms with Crippen molar-refractivity contribution >= 4 is 0 Å². The van der Waals surface area contributed by atoms with Crippen molar-refractivity contribution in [2.45, 2.75) is 59.3 Å². The topological polar surface area (TPSA) is 0 Å². The highest BCUT2D eigenvalue weighted by Crippen LogP contribution is 2.31. The van der Waals surface area contributed by atoms with E-state index in [4.69, 9.17) is 0 Å². The van der Waals surface area contributed by atoms with E-state index in [-0.39, 0.29) is 0 Å². The maximum atomic E-state index is 4.17. The molecule has 0 saturated heterocycles. The van der Waals surface area contributed by atoms with Crippen LogP contribution in [0.2, 0.25) is 0 Å². The van der Waals surface area contributed by atoms with E-state index in [0.29, 0.717) is 0 Å². The molecule has 0 heteroatoms. The minimum atomic E-state index is 0.880. The first-order chi connectivity index (χ1) is 8.58. The molecule has 18 heavy (non-hydrogen) atoms. The van der Waals surface area contributed by atoms with E-state index < -0.39 is 0 Å². The van der Waals surface area contributed by atoms with Gasteiger partial charge >= 0.3 is 0 Å². The third-order valence-corrected chi connectivity index (χ3v) is 4.63. The van der Waals surface area contributed by atoms with Crippen LogP contribution in [0.25, 0.3) is 0 Å². The van der Waals surface area contributed by atoms with Crippen molar-refractivity contribution in [3.05, 3.63) is 46.5 Å². The minimum absolute atomic E-state index is 0.880. The fraction of sp³-hybridized carbons (Fsp3) is 0.556. The lowest BCUT2D eigenvalue weighted by Crippen LogP contribution is -2.10. The van der Waals surface area contributed by atoms with Crippen LogP contribution in [0, 0.1) is 26.7 Å². The average molecular weight is 242 g/mol. The molecule has 0 N–H and O–H groups in total. The normalized spacial score (nSPS) is 20.2. The third kappa shape index (κ3) is 3.04. The van der Waals surface area contributed by atoms with Gasteiger partial charge < -0.3 is 0 Å². The van der Waals surface area contributed by atoms with Crippen LogP contribution in [-0.4, -0.2) is 0 Å². The standard InChI is InChI=1S/C18H26/c1-13-6-5-7-17(12-13)10-11-18-15(3)9-8-14(2)16(18)4/h8-9,17H,1,5-7,10-12H2,2-4H3. The van der Waals surface area contributed by atoms with Crippen LogP contribution in [0.15, 0.2) is 24.3 Å². The van der Waals surface area contributed by atoms with E-state index in [2.05, 4.69) is 39.5 Å². The molecular weight excluding hydrogens is 216 g/mol. The van der Waals surface area contributed by atoms with Gasteiger partial charge in [-0.2, -0.15) is 0 Å². The molecule has 0 amide bonds. The van der Waals surface area contributed by atoms with E-state index in [0.717, 1.165) is 5.92 Å². The summed E-state index contributed by atoms with van der Waals surface area (Å²) in [5.74, 6) is 0.880. The molecule has 1 aliphatic carbocycles. The van der Waals surface area contributed by atoms with E-state index in [1.54, 1.807) is 5.56 Å². The number of hydrogen-bond donors (Lipinski definition) is 0. The maximum Gasteiger partial charge on any atom is -0.0271 e. The van der Waals surface area contributed by atoms with Crippen molar-refractivity contribution in [2.24, 2.45) is 5.92 Å². The Kier molecular flexibility index (Phi) is 4.27. The average Bonchev–Trinajstić information content (AvgIpc) is 2.34. The number of allylic oxidation sites excluding steroid dienone is 1. The van der Waals surface area contributed by atoms with Gasteiger partial charge in [-0.3, -0.25) is 0 Å². The molecule has 2 rings (SSSR count). The van der Waals surface area contributed by atoms with E-state index in [1.165, 1.54) is 60.8 Å². The smallest absolute Gasteiger partial charge is 0.0271 e. The number of aryl methyl sites for hydroxylation is 2. The first-order valence-electron chi connectivity index (χ1n) is 7.30. The summed E-state index contributed by atoms with van der Waals surface area (Å²) in [6.07, 6.45) is 7.88. The number of benzene rings is 1. The third-order valence-electron chi connectivity index (χ3n) is 4.63. The Morgan fingerprint density at radius 3 is 2.61 bits per heavy atom. The second-order valence-electron chi connectivity index (χ2n) is 6.05. The monoisotopic (exact) mass is 242 g/mol. The quantitative estimate of drug-likeness (QED) is 0.632. The lowest BCUT2D eigenvalue weighted by atomic mass is 9.82. The minimum Gasteiger partial charge on any atom is -0.0999 e. The molecule has 1 unspecified atom stereocenters. The molecule has 98 valence electrons. The van der Waals surface area contributed by atoms with Crippen molar-refractivity contribution in [3.8, 4) is 0 Å². The molecule has 0 bridgehead atoms. The fourth-order valence-corrected chi connectivity index (χ4v) is 3.24. The van der Waals surface area contributed by atoms with Crippen LogP contribution in [-0.2, 0) is 6.42 Å². The van der Waals surface area contributed by atoms with E-state index in [9.17, 15) is 0 Å². The van der Waals surface area contributed by atoms with Gasteiger partial charge in [0.15, 0.2) is 0 Å². The molecule has 1 aromatic rings. The molecule has 0 aliphatic heterocycles. The molecule has 1 fully saturated rings. The number of rotatable bonds is 3. The molecule has 0 radical (unpaired) electrons. The number of hydrogen-bond acceptors (Lipinski definition) is 0. The lowest BCUT2D eigenvalue weighted by molar-refractivity contribution is 0.393. The summed E-state index contributed by atoms with van der Waals surface area (Å²) in [5.41, 5.74) is 7.47. The van der Waals surface area contributed by atoms with Crippen LogP contribution in [0.3, 0.4) is 0 Å². The Balaban J connectivity index is 2.02. The van der Waals surface area contributed by atoms with Crippen LogP contribution < -0.4 is 0 Å². The Labute approximate surface area is 112 Å². The molecule has 0 heterocycles. The van der Waals surface area contributed by atoms with Gasteiger partial charge in [0.2, 0.25) is 0 Å². The van der Waals surface area contributed by atoms with Gasteiger partial charge in [0.05, 0.1) is 0 Å². The zero-order chi connectivity index (χ0) is 13.1. The van der Waals surface area contributed by atoms with Crippen molar-refractivity contribution in [1.29, 1.82) is 0 Å². The van der Waals surface area contributed by atoms with Crippen LogP contribution in [0.1, 0.15) is 54.4 Å². The van der Waals surface area contributed by atoms with Crippen LogP contribution >= 0.6 is 0 Å². The highest BCUT2D eigenvalue weighted by Gasteiger charge is 2.16. The SMILES string of the molecule is C=C1CCCC(CCc2c(C)ccc(C)c2C)C1. The molecule has 1 atom stereocenters. The molecule has 1 aromatic carbocycles. The van der Waals surface area contributed by atoms with Gasteiger partial charge in [-0.1, -0.05) is 24.3 Å². The van der Waals surface area contributed by atoms with Crippen molar-refractivity contribution in [1.82, 2.24) is 0 Å². The predicted octanol–water partition coefficient (Wildman–Crippen LogP) is 5.29. The Bertz CT molecular complexity index is 440. The van der Waals surface area contributed by atoms with Crippen molar-refractivity contribution in [2.75, 3.05) is 0 Å². The van der Waals surface area contributed by atoms with Crippen LogP contribution in [0.4, 0.5) is 0 Å². The summed E-state index contributed by atoms with van der Waals surface area (Å²) < 4.78 is 0. The Morgan fingerprint density at radius 2 is 1.89 bits per heavy atom. The summed E-state index contributed by atoms with van der Waals surface area (Å²) in [4.78, 5) is 0. The Hall–Kier alpha value is -1.04. The van der Waals surface area contributed by atoms with E-state index >= 15 is 0 Å². The van der Waals surface area contributed by atoms with Gasteiger partial charge in [0.1, 0.15) is 0 Å². The molecule has 1 saturated carbocycles. The zero-order valence-electron chi connectivity index (χ0n) is 12.2. The summed E-state index contributed by atoms with van der Waals surface area (Å²) in [5, 5.41) is 0. The summed E-state index contributed by atoms with van der Waals surface area (Å²) in [6, 6.07) is 4.52. The second-order valence-corrected chi connectivity index (χ2v) is 6.05. The summed E-state index contributed by atoms with van der Waals surface area (Å²) >= 11 is 0. The highest BCUT2D eigenvalue weighted by molar-refractivity contribution is 5.39. The summed E-state index contributed by atoms with van der Waals surface area (Å²) in [6.45, 7) is 10.9. The molecule has 0 nitrogen and oxygen atoms in total. The van der Waals surface area contributed by atoms with Gasteiger partial charge in [-0.15, -0.1) is 0 Å². The molecule has 1 aliphatic rings. The lowest BCUT2D eigenvalue weighted by Gasteiger charge is -2.24. The largest absolute Gasteiger partial charge is 0.0999 e. The van der Waals surface area contributed by atoms with Crippen molar-refractivity contribution in [3.63, 3.8) is 0 Å². The van der Waals surface area contributed by atoms with Gasteiger partial charge in [-0.05, 0) is 87.5 Å². The van der Waals surface area contributed by atoms with Gasteiger partial charge in [0.25, 0.3) is 0 Å². The highest BCUT2D eigenvalue weighted by atomic mass is 14.2. The van der Waals surface area contributed by atoms with Gasteiger partial charge in [0, 0.05) is 0 Å². The Morgan fingerprint density at radius 1 is 1.17 bits per heavy atom. The van der Waals surface area contributed by atoms with Gasteiger partial charge in [-0.25, -0.2) is 0 Å². The molecule has 0 spiro atoms.